The Bertz CT molecular complexity index is 661. The fraction of sp³-hybridized carbons (Fsp3) is 0.143. The highest BCUT2D eigenvalue weighted by Crippen LogP contribution is 2.35. The number of carboxylic acids is 1. The van der Waals surface area contributed by atoms with E-state index < -0.39 is 11.8 Å². The van der Waals surface area contributed by atoms with Crippen molar-refractivity contribution >= 4 is 17.6 Å². The first kappa shape index (κ1) is 14.3. The van der Waals surface area contributed by atoms with E-state index in [1.54, 1.807) is 6.92 Å². The molecule has 0 saturated carbocycles. The van der Waals surface area contributed by atoms with Gasteiger partial charge in [0.2, 0.25) is 0 Å². The molecule has 0 bridgehead atoms. The van der Waals surface area contributed by atoms with Crippen LogP contribution >= 0.6 is 11.6 Å². The maximum atomic E-state index is 14.4. The summed E-state index contributed by atoms with van der Waals surface area (Å²) in [6.45, 7) is 1.95. The predicted molar refractivity (Wildman–Crippen MR) is 72.8 cm³/mol. The largest absolute Gasteiger partial charge is 0.489 e. The van der Waals surface area contributed by atoms with Gasteiger partial charge in [0.05, 0.1) is 11.6 Å². The summed E-state index contributed by atoms with van der Waals surface area (Å²) >= 11 is 5.87. The summed E-state index contributed by atoms with van der Waals surface area (Å²) in [4.78, 5) is 14.9. The van der Waals surface area contributed by atoms with E-state index in [0.717, 1.165) is 0 Å². The van der Waals surface area contributed by atoms with Crippen molar-refractivity contribution in [3.8, 4) is 16.9 Å². The molecule has 6 heteroatoms. The van der Waals surface area contributed by atoms with Gasteiger partial charge in [0.25, 0.3) is 0 Å². The molecule has 4 nitrogen and oxygen atoms in total. The number of hydrogen-bond acceptors (Lipinski definition) is 3. The second-order valence-corrected chi connectivity index (χ2v) is 4.28. The number of aromatic carboxylic acids is 1. The fourth-order valence-corrected chi connectivity index (χ4v) is 2.01. The first-order valence-corrected chi connectivity index (χ1v) is 6.23. The minimum absolute atomic E-state index is 0.0864. The average molecular weight is 296 g/mol. The number of nitrogens with zero attached hydrogens (tertiary/aromatic N) is 1. The van der Waals surface area contributed by atoms with Crippen molar-refractivity contribution in [1.29, 1.82) is 0 Å². The normalized spacial score (nSPS) is 10.3. The molecule has 2 rings (SSSR count). The zero-order chi connectivity index (χ0) is 14.7. The van der Waals surface area contributed by atoms with Crippen molar-refractivity contribution in [2.45, 2.75) is 6.92 Å². The van der Waals surface area contributed by atoms with Gasteiger partial charge < -0.3 is 9.84 Å². The van der Waals surface area contributed by atoms with Crippen molar-refractivity contribution in [2.75, 3.05) is 6.61 Å². The lowest BCUT2D eigenvalue weighted by atomic mass is 10.0. The molecule has 0 radical (unpaired) electrons. The van der Waals surface area contributed by atoms with Crippen molar-refractivity contribution in [1.82, 2.24) is 4.98 Å². The number of ether oxygens (including phenoxy) is 1. The van der Waals surface area contributed by atoms with Gasteiger partial charge in [-0.15, -0.1) is 0 Å². The molecule has 0 atom stereocenters. The summed E-state index contributed by atoms with van der Waals surface area (Å²) < 4.78 is 19.6. The molecule has 2 aromatic rings. The number of benzene rings is 1. The number of aromatic nitrogens is 1. The van der Waals surface area contributed by atoms with Crippen molar-refractivity contribution < 1.29 is 19.0 Å². The number of pyridine rings is 1. The molecular weight excluding hydrogens is 285 g/mol. The molecule has 0 saturated heterocycles. The number of halogens is 2. The van der Waals surface area contributed by atoms with Gasteiger partial charge in [-0.25, -0.2) is 14.2 Å². The van der Waals surface area contributed by atoms with Crippen LogP contribution in [0.2, 0.25) is 5.02 Å². The van der Waals surface area contributed by atoms with Crippen LogP contribution in [0.25, 0.3) is 11.1 Å². The van der Waals surface area contributed by atoms with Crippen LogP contribution in [0.1, 0.15) is 17.4 Å². The van der Waals surface area contributed by atoms with Crippen LogP contribution in [0.5, 0.6) is 5.75 Å². The van der Waals surface area contributed by atoms with Gasteiger partial charge >= 0.3 is 5.97 Å². The van der Waals surface area contributed by atoms with E-state index >= 15 is 0 Å². The van der Waals surface area contributed by atoms with E-state index in [-0.39, 0.29) is 34.2 Å². The molecule has 0 aliphatic carbocycles. The minimum Gasteiger partial charge on any atom is -0.489 e. The smallest absolute Gasteiger partial charge is 0.355 e. The second kappa shape index (κ2) is 5.88. The van der Waals surface area contributed by atoms with Crippen LogP contribution in [0.3, 0.4) is 0 Å². The van der Waals surface area contributed by atoms with E-state index in [4.69, 9.17) is 21.4 Å². The quantitative estimate of drug-likeness (QED) is 0.935. The van der Waals surface area contributed by atoms with Gasteiger partial charge in [-0.05, 0) is 25.1 Å². The Labute approximate surface area is 119 Å². The fourth-order valence-electron chi connectivity index (χ4n) is 1.81. The molecule has 0 amide bonds. The Kier molecular flexibility index (Phi) is 4.20. The zero-order valence-corrected chi connectivity index (χ0v) is 11.3. The van der Waals surface area contributed by atoms with Gasteiger partial charge in [0.1, 0.15) is 0 Å². The maximum Gasteiger partial charge on any atom is 0.355 e. The molecule has 20 heavy (non-hydrogen) atoms. The molecule has 0 unspecified atom stereocenters. The third kappa shape index (κ3) is 2.58. The third-order valence-corrected chi connectivity index (χ3v) is 2.94. The summed E-state index contributed by atoms with van der Waals surface area (Å²) in [6.07, 6.45) is 1.34. The van der Waals surface area contributed by atoms with E-state index in [1.807, 2.05) is 0 Å². The standard InChI is InChI=1S/C14H11ClFNO3/c1-2-20-13-10(15)6-5-8(11(13)16)9-4-3-7-17-12(9)14(18)19/h3-7H,2H2,1H3,(H,18,19). The molecule has 1 aromatic heterocycles. The number of carbonyl (C=O) groups is 1. The molecule has 0 spiro atoms. The lowest BCUT2D eigenvalue weighted by molar-refractivity contribution is 0.0691. The third-order valence-electron chi connectivity index (χ3n) is 2.64. The first-order valence-electron chi connectivity index (χ1n) is 5.85. The molecule has 0 aliphatic rings. The maximum absolute atomic E-state index is 14.4. The lowest BCUT2D eigenvalue weighted by Crippen LogP contribution is -2.04. The molecule has 104 valence electrons. The van der Waals surface area contributed by atoms with Gasteiger partial charge in [-0.1, -0.05) is 17.7 Å². The van der Waals surface area contributed by atoms with E-state index in [2.05, 4.69) is 4.98 Å². The van der Waals surface area contributed by atoms with Gasteiger partial charge in [0.15, 0.2) is 17.3 Å². The second-order valence-electron chi connectivity index (χ2n) is 3.88. The predicted octanol–water partition coefficient (Wildman–Crippen LogP) is 3.64. The van der Waals surface area contributed by atoms with Crippen LogP contribution in [-0.2, 0) is 0 Å². The van der Waals surface area contributed by atoms with Crippen LogP contribution in [0, 0.1) is 5.82 Å². The summed E-state index contributed by atoms with van der Waals surface area (Å²) in [5.41, 5.74) is 0.0367. The van der Waals surface area contributed by atoms with Crippen LogP contribution < -0.4 is 4.74 Å². The van der Waals surface area contributed by atoms with Gasteiger partial charge in [-0.2, -0.15) is 0 Å². The first-order chi connectivity index (χ1) is 9.56. The van der Waals surface area contributed by atoms with Crippen LogP contribution in [0.4, 0.5) is 4.39 Å². The Morgan fingerprint density at radius 2 is 2.15 bits per heavy atom. The van der Waals surface area contributed by atoms with Crippen LogP contribution in [-0.4, -0.2) is 22.7 Å². The Morgan fingerprint density at radius 3 is 2.80 bits per heavy atom. The molecule has 0 fully saturated rings. The average Bonchev–Trinajstić information content (AvgIpc) is 2.43. The minimum atomic E-state index is -1.23. The summed E-state index contributed by atoms with van der Waals surface area (Å²) in [6, 6.07) is 5.89. The van der Waals surface area contributed by atoms with E-state index in [0.29, 0.717) is 0 Å². The molecule has 0 aliphatic heterocycles. The SMILES string of the molecule is CCOc1c(Cl)ccc(-c2cccnc2C(=O)O)c1F. The Morgan fingerprint density at radius 1 is 1.40 bits per heavy atom. The monoisotopic (exact) mass is 295 g/mol. The molecule has 1 N–H and O–H groups in total. The Balaban J connectivity index is 2.65. The van der Waals surface area contributed by atoms with Crippen LogP contribution in [0.15, 0.2) is 30.5 Å². The van der Waals surface area contributed by atoms with Crippen molar-refractivity contribution in [2.24, 2.45) is 0 Å². The van der Waals surface area contributed by atoms with Gasteiger partial charge in [0, 0.05) is 17.3 Å². The summed E-state index contributed by atoms with van der Waals surface area (Å²) in [5, 5.41) is 9.24. The van der Waals surface area contributed by atoms with E-state index in [9.17, 15) is 9.18 Å². The molecule has 1 heterocycles. The molecule has 1 aromatic carbocycles. The van der Waals surface area contributed by atoms with Crippen molar-refractivity contribution in [3.05, 3.63) is 47.0 Å². The van der Waals surface area contributed by atoms with Gasteiger partial charge in [-0.3, -0.25) is 0 Å². The topological polar surface area (TPSA) is 59.4 Å². The van der Waals surface area contributed by atoms with E-state index in [1.165, 1.54) is 30.5 Å². The highest BCUT2D eigenvalue weighted by atomic mass is 35.5. The lowest BCUT2D eigenvalue weighted by Gasteiger charge is -2.12. The highest BCUT2D eigenvalue weighted by Gasteiger charge is 2.20. The summed E-state index contributed by atoms with van der Waals surface area (Å²) in [5.74, 6) is -2.02. The van der Waals surface area contributed by atoms with Crippen molar-refractivity contribution in [3.63, 3.8) is 0 Å². The number of hydrogen-bond donors (Lipinski definition) is 1. The number of carboxylic acid groups (broad SMARTS) is 1. The summed E-state index contributed by atoms with van der Waals surface area (Å²) in [7, 11) is 0. The Hall–Kier alpha value is -2.14. The molecular formula is C14H11ClFNO3. The zero-order valence-electron chi connectivity index (χ0n) is 10.6. The highest BCUT2D eigenvalue weighted by molar-refractivity contribution is 6.32. The number of rotatable bonds is 4.